The van der Waals surface area contributed by atoms with E-state index in [1.54, 1.807) is 0 Å². The molecule has 1 nitrogen and oxygen atoms in total. The van der Waals surface area contributed by atoms with Crippen molar-refractivity contribution in [1.82, 2.24) is 4.57 Å². The van der Waals surface area contributed by atoms with Crippen molar-refractivity contribution in [2.45, 2.75) is 20.8 Å². The Labute approximate surface area is 165 Å². The lowest BCUT2D eigenvalue weighted by atomic mass is 9.94. The van der Waals surface area contributed by atoms with E-state index in [9.17, 15) is 0 Å². The summed E-state index contributed by atoms with van der Waals surface area (Å²) in [7, 11) is 0. The zero-order valence-electron chi connectivity index (χ0n) is 16.5. The highest BCUT2D eigenvalue weighted by Crippen LogP contribution is 2.38. The molecule has 5 rings (SSSR count). The predicted molar refractivity (Wildman–Crippen MR) is 120 cm³/mol. The second-order valence-corrected chi connectivity index (χ2v) is 7.64. The van der Waals surface area contributed by atoms with Crippen LogP contribution in [0.3, 0.4) is 0 Å². The van der Waals surface area contributed by atoms with Gasteiger partial charge >= 0.3 is 0 Å². The van der Waals surface area contributed by atoms with E-state index in [0.717, 1.165) is 0 Å². The molecule has 4 aromatic carbocycles. The molecule has 0 atom stereocenters. The van der Waals surface area contributed by atoms with Gasteiger partial charge in [-0.1, -0.05) is 66.2 Å². The van der Waals surface area contributed by atoms with Crippen LogP contribution in [0, 0.1) is 20.8 Å². The fraction of sp³-hybridized carbons (Fsp3) is 0.111. The molecule has 136 valence electrons. The standard InChI is InChI=1S/C27H23N/c1-18-12-14-21(15-13-18)28-25-11-7-6-10-24(25)27-20(3)23(16-17-26(27)28)22-9-5-4-8-19(22)2/h4-17H,1-3H3. The first-order valence-electron chi connectivity index (χ1n) is 9.81. The lowest BCUT2D eigenvalue weighted by molar-refractivity contribution is 1.17. The number of aryl methyl sites for hydroxylation is 3. The van der Waals surface area contributed by atoms with Gasteiger partial charge in [-0.25, -0.2) is 0 Å². The molecule has 0 aliphatic rings. The molecule has 1 aromatic heterocycles. The molecule has 5 aromatic rings. The summed E-state index contributed by atoms with van der Waals surface area (Å²) < 4.78 is 2.39. The molecular formula is C27H23N. The van der Waals surface area contributed by atoms with E-state index in [1.807, 2.05) is 0 Å². The Morgan fingerprint density at radius 2 is 1.29 bits per heavy atom. The van der Waals surface area contributed by atoms with Gasteiger partial charge in [0.1, 0.15) is 0 Å². The lowest BCUT2D eigenvalue weighted by Crippen LogP contribution is -1.94. The summed E-state index contributed by atoms with van der Waals surface area (Å²) in [4.78, 5) is 0. The molecule has 0 saturated heterocycles. The first-order valence-corrected chi connectivity index (χ1v) is 9.81. The minimum Gasteiger partial charge on any atom is -0.309 e. The van der Waals surface area contributed by atoms with Crippen LogP contribution in [0.4, 0.5) is 0 Å². The predicted octanol–water partition coefficient (Wildman–Crippen LogP) is 7.38. The zero-order chi connectivity index (χ0) is 19.3. The first-order chi connectivity index (χ1) is 13.6. The average Bonchev–Trinajstić information content (AvgIpc) is 3.05. The van der Waals surface area contributed by atoms with Crippen molar-refractivity contribution in [2.75, 3.05) is 0 Å². The Morgan fingerprint density at radius 3 is 2.07 bits per heavy atom. The van der Waals surface area contributed by atoms with Gasteiger partial charge in [-0.05, 0) is 67.3 Å². The Morgan fingerprint density at radius 1 is 0.571 bits per heavy atom. The molecule has 0 unspecified atom stereocenters. The van der Waals surface area contributed by atoms with E-state index >= 15 is 0 Å². The van der Waals surface area contributed by atoms with Gasteiger partial charge in [0.15, 0.2) is 0 Å². The van der Waals surface area contributed by atoms with Crippen LogP contribution in [0.1, 0.15) is 16.7 Å². The van der Waals surface area contributed by atoms with Gasteiger partial charge in [0.05, 0.1) is 11.0 Å². The van der Waals surface area contributed by atoms with Crippen LogP contribution >= 0.6 is 0 Å². The maximum Gasteiger partial charge on any atom is 0.0544 e. The number of hydrogen-bond donors (Lipinski definition) is 0. The minimum atomic E-state index is 1.21. The average molecular weight is 361 g/mol. The van der Waals surface area contributed by atoms with Crippen molar-refractivity contribution in [3.63, 3.8) is 0 Å². The smallest absolute Gasteiger partial charge is 0.0544 e. The summed E-state index contributed by atoms with van der Waals surface area (Å²) in [6.45, 7) is 6.58. The lowest BCUT2D eigenvalue weighted by Gasteiger charge is -2.12. The minimum absolute atomic E-state index is 1.21. The highest BCUT2D eigenvalue weighted by Gasteiger charge is 2.16. The van der Waals surface area contributed by atoms with E-state index < -0.39 is 0 Å². The maximum atomic E-state index is 2.39. The fourth-order valence-corrected chi connectivity index (χ4v) is 4.37. The zero-order valence-corrected chi connectivity index (χ0v) is 16.5. The van der Waals surface area contributed by atoms with E-state index in [4.69, 9.17) is 0 Å². The summed E-state index contributed by atoms with van der Waals surface area (Å²) in [5.41, 5.74) is 10.3. The van der Waals surface area contributed by atoms with E-state index in [0.29, 0.717) is 0 Å². The molecule has 1 heteroatoms. The molecule has 0 aliphatic carbocycles. The van der Waals surface area contributed by atoms with Crippen LogP contribution in [-0.4, -0.2) is 4.57 Å². The summed E-state index contributed by atoms with van der Waals surface area (Å²) in [5, 5.41) is 2.66. The van der Waals surface area contributed by atoms with E-state index in [1.165, 1.54) is 55.3 Å². The first kappa shape index (κ1) is 16.8. The molecule has 0 aliphatic heterocycles. The van der Waals surface area contributed by atoms with Gasteiger partial charge in [-0.3, -0.25) is 0 Å². The van der Waals surface area contributed by atoms with Gasteiger partial charge in [0.25, 0.3) is 0 Å². The van der Waals surface area contributed by atoms with Crippen LogP contribution in [0.5, 0.6) is 0 Å². The van der Waals surface area contributed by atoms with Gasteiger partial charge in [-0.2, -0.15) is 0 Å². The van der Waals surface area contributed by atoms with Crippen LogP contribution in [-0.2, 0) is 0 Å². The largest absolute Gasteiger partial charge is 0.309 e. The van der Waals surface area contributed by atoms with Crippen LogP contribution < -0.4 is 0 Å². The van der Waals surface area contributed by atoms with Crippen molar-refractivity contribution in [3.05, 3.63) is 102 Å². The summed E-state index contributed by atoms with van der Waals surface area (Å²) >= 11 is 0. The van der Waals surface area contributed by atoms with Crippen LogP contribution in [0.15, 0.2) is 84.9 Å². The number of benzene rings is 4. The number of hydrogen-bond acceptors (Lipinski definition) is 0. The summed E-state index contributed by atoms with van der Waals surface area (Å²) in [6.07, 6.45) is 0. The number of para-hydroxylation sites is 1. The van der Waals surface area contributed by atoms with Crippen molar-refractivity contribution in [2.24, 2.45) is 0 Å². The van der Waals surface area contributed by atoms with Gasteiger partial charge < -0.3 is 4.57 Å². The van der Waals surface area contributed by atoms with Crippen molar-refractivity contribution in [1.29, 1.82) is 0 Å². The third-order valence-corrected chi connectivity index (χ3v) is 5.83. The number of fused-ring (bicyclic) bond motifs is 3. The number of aromatic nitrogens is 1. The maximum absolute atomic E-state index is 2.39. The van der Waals surface area contributed by atoms with E-state index in [-0.39, 0.29) is 0 Å². The Bertz CT molecular complexity index is 1320. The fourth-order valence-electron chi connectivity index (χ4n) is 4.37. The molecule has 0 N–H and O–H groups in total. The normalized spacial score (nSPS) is 11.4. The monoisotopic (exact) mass is 361 g/mol. The highest BCUT2D eigenvalue weighted by molar-refractivity contribution is 6.12. The molecular weight excluding hydrogens is 338 g/mol. The van der Waals surface area contributed by atoms with Gasteiger partial charge in [0.2, 0.25) is 0 Å². The molecule has 0 radical (unpaired) electrons. The molecule has 0 bridgehead atoms. The summed E-state index contributed by atoms with van der Waals surface area (Å²) in [6, 6.07) is 30.7. The number of rotatable bonds is 2. The quantitative estimate of drug-likeness (QED) is 0.309. The third-order valence-electron chi connectivity index (χ3n) is 5.83. The van der Waals surface area contributed by atoms with Crippen molar-refractivity contribution < 1.29 is 0 Å². The van der Waals surface area contributed by atoms with E-state index in [2.05, 4.69) is 110 Å². The molecule has 0 saturated carbocycles. The highest BCUT2D eigenvalue weighted by atomic mass is 15.0. The van der Waals surface area contributed by atoms with Crippen LogP contribution in [0.2, 0.25) is 0 Å². The Hall–Kier alpha value is -3.32. The molecule has 1 heterocycles. The molecule has 0 amide bonds. The van der Waals surface area contributed by atoms with Crippen molar-refractivity contribution in [3.8, 4) is 16.8 Å². The van der Waals surface area contributed by atoms with Gasteiger partial charge in [-0.15, -0.1) is 0 Å². The van der Waals surface area contributed by atoms with Crippen molar-refractivity contribution >= 4 is 21.8 Å². The van der Waals surface area contributed by atoms with Gasteiger partial charge in [0, 0.05) is 16.5 Å². The number of nitrogens with zero attached hydrogens (tertiary/aromatic N) is 1. The SMILES string of the molecule is Cc1ccc(-n2c3ccccc3c3c(C)c(-c4ccccc4C)ccc32)cc1. The Balaban J connectivity index is 1.89. The molecule has 0 fully saturated rings. The van der Waals surface area contributed by atoms with Crippen LogP contribution in [0.25, 0.3) is 38.6 Å². The Kier molecular flexibility index (Phi) is 3.84. The summed E-state index contributed by atoms with van der Waals surface area (Å²) in [5.74, 6) is 0. The topological polar surface area (TPSA) is 4.93 Å². The third kappa shape index (κ3) is 2.47. The molecule has 0 spiro atoms. The molecule has 28 heavy (non-hydrogen) atoms. The second-order valence-electron chi connectivity index (χ2n) is 7.64. The second kappa shape index (κ2) is 6.38.